The number of imidazole rings is 1. The van der Waals surface area contributed by atoms with E-state index in [1.54, 1.807) is 30.0 Å². The van der Waals surface area contributed by atoms with Crippen molar-refractivity contribution in [3.63, 3.8) is 0 Å². The van der Waals surface area contributed by atoms with Gasteiger partial charge in [-0.25, -0.2) is 9.37 Å². The first-order valence-corrected chi connectivity index (χ1v) is 9.01. The Morgan fingerprint density at radius 2 is 2.12 bits per heavy atom. The number of aromatic nitrogens is 2. The fraction of sp³-hybridized carbons (Fsp3) is 0.158. The molecule has 6 heteroatoms. The molecule has 1 amide bonds. The highest BCUT2D eigenvalue weighted by molar-refractivity contribution is 7.99. The molecule has 1 aromatic heterocycles. The van der Waals surface area contributed by atoms with Crippen LogP contribution in [0.25, 0.3) is 11.3 Å². The number of halogens is 1. The summed E-state index contributed by atoms with van der Waals surface area (Å²) in [5.41, 5.74) is 2.91. The van der Waals surface area contributed by atoms with Gasteiger partial charge in [-0.15, -0.1) is 0 Å². The zero-order chi connectivity index (χ0) is 17.2. The maximum absolute atomic E-state index is 13.7. The smallest absolute Gasteiger partial charge is 0.228 e. The van der Waals surface area contributed by atoms with Gasteiger partial charge in [0, 0.05) is 29.7 Å². The predicted molar refractivity (Wildman–Crippen MR) is 97.1 cm³/mol. The average molecular weight is 353 g/mol. The molecule has 4 rings (SSSR count). The van der Waals surface area contributed by atoms with Crippen molar-refractivity contribution in [3.8, 4) is 11.3 Å². The van der Waals surface area contributed by atoms with Gasteiger partial charge >= 0.3 is 0 Å². The largest absolute Gasteiger partial charge is 0.326 e. The Balaban J connectivity index is 1.49. The van der Waals surface area contributed by atoms with Gasteiger partial charge in [-0.3, -0.25) is 4.79 Å². The number of aryl methyl sites for hydroxylation is 1. The van der Waals surface area contributed by atoms with Crippen LogP contribution in [0.4, 0.5) is 10.1 Å². The van der Waals surface area contributed by atoms with E-state index in [2.05, 4.69) is 14.9 Å². The number of nitrogens with one attached hydrogen (secondary N) is 1. The molecule has 4 nitrogen and oxygen atoms in total. The number of nitrogens with zero attached hydrogens (tertiary/aromatic N) is 2. The highest BCUT2D eigenvalue weighted by atomic mass is 32.2. The molecule has 126 valence electrons. The SMILES string of the molecule is O=C(Cc1ccccc1F)Nc1cccc(-c2cn3c(n2)SCC3)c1. The first-order chi connectivity index (χ1) is 12.2. The van der Waals surface area contributed by atoms with Crippen LogP contribution in [-0.4, -0.2) is 21.2 Å². The second-order valence-corrected chi connectivity index (χ2v) is 6.91. The number of rotatable bonds is 4. The molecule has 0 radical (unpaired) electrons. The minimum Gasteiger partial charge on any atom is -0.326 e. The Hall–Kier alpha value is -2.60. The number of hydrogen-bond acceptors (Lipinski definition) is 3. The molecule has 1 N–H and O–H groups in total. The van der Waals surface area contributed by atoms with E-state index in [-0.39, 0.29) is 18.1 Å². The van der Waals surface area contributed by atoms with E-state index in [1.807, 2.05) is 30.5 Å². The van der Waals surface area contributed by atoms with Crippen molar-refractivity contribution in [2.75, 3.05) is 11.1 Å². The quantitative estimate of drug-likeness (QED) is 0.772. The third kappa shape index (κ3) is 3.44. The summed E-state index contributed by atoms with van der Waals surface area (Å²) in [7, 11) is 0. The molecule has 0 saturated carbocycles. The van der Waals surface area contributed by atoms with Crippen LogP contribution < -0.4 is 5.32 Å². The minimum atomic E-state index is -0.364. The lowest BCUT2D eigenvalue weighted by atomic mass is 10.1. The molecular weight excluding hydrogens is 337 g/mol. The molecule has 3 aromatic rings. The maximum Gasteiger partial charge on any atom is 0.228 e. The molecule has 0 spiro atoms. The number of amides is 1. The molecule has 0 fully saturated rings. The van der Waals surface area contributed by atoms with E-state index in [0.29, 0.717) is 11.3 Å². The minimum absolute atomic E-state index is 0.00627. The number of carbonyl (C=O) groups is 1. The van der Waals surface area contributed by atoms with Crippen LogP contribution >= 0.6 is 11.8 Å². The second kappa shape index (κ2) is 6.72. The number of hydrogen-bond donors (Lipinski definition) is 1. The summed E-state index contributed by atoms with van der Waals surface area (Å²) in [5, 5.41) is 3.86. The van der Waals surface area contributed by atoms with E-state index < -0.39 is 0 Å². The normalized spacial score (nSPS) is 12.8. The van der Waals surface area contributed by atoms with Crippen LogP contribution in [0.5, 0.6) is 0 Å². The van der Waals surface area contributed by atoms with Crippen LogP contribution in [0.1, 0.15) is 5.56 Å². The van der Waals surface area contributed by atoms with Gasteiger partial charge in [0.15, 0.2) is 5.16 Å². The van der Waals surface area contributed by atoms with Crippen molar-refractivity contribution >= 4 is 23.4 Å². The second-order valence-electron chi connectivity index (χ2n) is 5.85. The van der Waals surface area contributed by atoms with E-state index in [1.165, 1.54) is 6.07 Å². The van der Waals surface area contributed by atoms with Crippen LogP contribution in [0.2, 0.25) is 0 Å². The summed E-state index contributed by atoms with van der Waals surface area (Å²) in [6.45, 7) is 0.978. The van der Waals surface area contributed by atoms with Gasteiger partial charge in [-0.2, -0.15) is 0 Å². The number of benzene rings is 2. The molecule has 0 aliphatic carbocycles. The highest BCUT2D eigenvalue weighted by Crippen LogP contribution is 2.29. The monoisotopic (exact) mass is 353 g/mol. The topological polar surface area (TPSA) is 46.9 Å². The Morgan fingerprint density at radius 3 is 2.96 bits per heavy atom. The van der Waals surface area contributed by atoms with Gasteiger partial charge in [0.2, 0.25) is 5.91 Å². The van der Waals surface area contributed by atoms with Crippen molar-refractivity contribution in [1.29, 1.82) is 0 Å². The Labute approximate surface area is 149 Å². The summed E-state index contributed by atoms with van der Waals surface area (Å²) < 4.78 is 15.8. The first kappa shape index (κ1) is 15.9. The van der Waals surface area contributed by atoms with Crippen molar-refractivity contribution in [2.45, 2.75) is 18.1 Å². The number of carbonyl (C=O) groups excluding carboxylic acids is 1. The van der Waals surface area contributed by atoms with Crippen LogP contribution in [0.3, 0.4) is 0 Å². The summed E-state index contributed by atoms with van der Waals surface area (Å²) in [6.07, 6.45) is 2.04. The van der Waals surface area contributed by atoms with Gasteiger partial charge in [-0.1, -0.05) is 42.1 Å². The standard InChI is InChI=1S/C19H16FN3OS/c20-16-7-2-1-4-13(16)11-18(24)21-15-6-3-5-14(10-15)17-12-23-8-9-25-19(23)22-17/h1-7,10,12H,8-9,11H2,(H,21,24). The number of thioether (sulfide) groups is 1. The van der Waals surface area contributed by atoms with E-state index in [9.17, 15) is 9.18 Å². The maximum atomic E-state index is 13.7. The van der Waals surface area contributed by atoms with Crippen LogP contribution in [0, 0.1) is 5.82 Å². The Kier molecular flexibility index (Phi) is 4.28. The molecule has 1 aliphatic rings. The van der Waals surface area contributed by atoms with Crippen molar-refractivity contribution in [1.82, 2.24) is 9.55 Å². The van der Waals surface area contributed by atoms with Crippen molar-refractivity contribution in [2.24, 2.45) is 0 Å². The third-order valence-electron chi connectivity index (χ3n) is 4.05. The zero-order valence-corrected chi connectivity index (χ0v) is 14.2. The molecule has 0 saturated heterocycles. The molecule has 0 unspecified atom stereocenters. The highest BCUT2D eigenvalue weighted by Gasteiger charge is 2.15. The van der Waals surface area contributed by atoms with E-state index in [4.69, 9.17) is 0 Å². The van der Waals surface area contributed by atoms with E-state index in [0.717, 1.165) is 28.7 Å². The van der Waals surface area contributed by atoms with Gasteiger partial charge in [0.25, 0.3) is 0 Å². The molecule has 0 bridgehead atoms. The van der Waals surface area contributed by atoms with Gasteiger partial charge in [0.1, 0.15) is 5.82 Å². The Bertz CT molecular complexity index is 916. The lowest BCUT2D eigenvalue weighted by Gasteiger charge is -2.07. The van der Waals surface area contributed by atoms with Crippen LogP contribution in [0.15, 0.2) is 59.9 Å². The zero-order valence-electron chi connectivity index (χ0n) is 13.4. The van der Waals surface area contributed by atoms with Crippen molar-refractivity contribution in [3.05, 3.63) is 66.1 Å². The third-order valence-corrected chi connectivity index (χ3v) is 5.02. The number of anilines is 1. The Morgan fingerprint density at radius 1 is 1.24 bits per heavy atom. The van der Waals surface area contributed by atoms with Gasteiger partial charge < -0.3 is 9.88 Å². The summed E-state index contributed by atoms with van der Waals surface area (Å²) in [5.74, 6) is 0.455. The summed E-state index contributed by atoms with van der Waals surface area (Å²) in [4.78, 5) is 16.8. The molecular formula is C19H16FN3OS. The fourth-order valence-electron chi connectivity index (χ4n) is 2.82. The summed E-state index contributed by atoms with van der Waals surface area (Å²) in [6, 6.07) is 13.9. The van der Waals surface area contributed by atoms with Gasteiger partial charge in [-0.05, 0) is 23.8 Å². The van der Waals surface area contributed by atoms with Crippen molar-refractivity contribution < 1.29 is 9.18 Å². The molecule has 0 atom stereocenters. The fourth-order valence-corrected chi connectivity index (χ4v) is 3.77. The van der Waals surface area contributed by atoms with E-state index >= 15 is 0 Å². The first-order valence-electron chi connectivity index (χ1n) is 8.03. The molecule has 2 aromatic carbocycles. The molecule has 2 heterocycles. The lowest BCUT2D eigenvalue weighted by molar-refractivity contribution is -0.115. The van der Waals surface area contributed by atoms with Crippen LogP contribution in [-0.2, 0) is 17.8 Å². The summed E-state index contributed by atoms with van der Waals surface area (Å²) >= 11 is 1.75. The molecule has 1 aliphatic heterocycles. The number of fused-ring (bicyclic) bond motifs is 1. The molecule has 25 heavy (non-hydrogen) atoms. The van der Waals surface area contributed by atoms with Gasteiger partial charge in [0.05, 0.1) is 12.1 Å². The average Bonchev–Trinajstić information content (AvgIpc) is 3.19. The predicted octanol–water partition coefficient (Wildman–Crippen LogP) is 3.98. The lowest BCUT2D eigenvalue weighted by Crippen LogP contribution is -2.15.